The second-order valence-corrected chi connectivity index (χ2v) is 2.08. The van der Waals surface area contributed by atoms with Gasteiger partial charge in [-0.15, -0.1) is 0 Å². The Morgan fingerprint density at radius 3 is 2.62 bits per heavy atom. The van der Waals surface area contributed by atoms with Crippen LogP contribution in [-0.4, -0.2) is 9.97 Å². The molecule has 3 nitrogen and oxygen atoms in total. The number of aromatic nitrogens is 2. The summed E-state index contributed by atoms with van der Waals surface area (Å²) in [5.41, 5.74) is 5.28. The summed E-state index contributed by atoms with van der Waals surface area (Å²) in [5.74, 6) is 0.479. The molecule has 0 bridgehead atoms. The van der Waals surface area contributed by atoms with Crippen LogP contribution in [0.15, 0.2) is 17.0 Å². The van der Waals surface area contributed by atoms with Crippen LogP contribution in [0.2, 0.25) is 0 Å². The van der Waals surface area contributed by atoms with Gasteiger partial charge in [0.15, 0.2) is 0 Å². The highest BCUT2D eigenvalue weighted by atomic mass is 79.9. The third kappa shape index (κ3) is 1.16. The first-order chi connectivity index (χ1) is 3.79. The van der Waals surface area contributed by atoms with Gasteiger partial charge in [-0.2, -0.15) is 0 Å². The van der Waals surface area contributed by atoms with Crippen molar-refractivity contribution in [1.29, 1.82) is 0 Å². The van der Waals surface area contributed by atoms with Gasteiger partial charge in [0.25, 0.3) is 0 Å². The average molecular weight is 174 g/mol. The van der Waals surface area contributed by atoms with Crippen molar-refractivity contribution >= 4 is 21.7 Å². The lowest BCUT2D eigenvalue weighted by molar-refractivity contribution is 1.15. The van der Waals surface area contributed by atoms with Crippen molar-refractivity contribution in [2.24, 2.45) is 0 Å². The molecule has 0 radical (unpaired) electrons. The third-order valence-electron chi connectivity index (χ3n) is 0.655. The maximum absolute atomic E-state index is 5.28. The lowest BCUT2D eigenvalue weighted by Gasteiger charge is -1.87. The first kappa shape index (κ1) is 5.50. The van der Waals surface area contributed by atoms with Crippen molar-refractivity contribution in [3.63, 3.8) is 0 Å². The Labute approximate surface area is 55.1 Å². The number of nitrogens with two attached hydrogens (primary N) is 1. The van der Waals surface area contributed by atoms with Crippen LogP contribution in [0.4, 0.5) is 5.82 Å². The zero-order chi connectivity index (χ0) is 5.98. The second kappa shape index (κ2) is 2.09. The minimum absolute atomic E-state index is 0.479. The van der Waals surface area contributed by atoms with E-state index in [2.05, 4.69) is 25.9 Å². The molecule has 0 atom stereocenters. The van der Waals surface area contributed by atoms with E-state index in [0.29, 0.717) is 10.4 Å². The summed E-state index contributed by atoms with van der Waals surface area (Å²) in [6, 6.07) is 1.64. The lowest BCUT2D eigenvalue weighted by Crippen LogP contribution is -1.89. The van der Waals surface area contributed by atoms with Crippen LogP contribution in [-0.2, 0) is 0 Å². The van der Waals surface area contributed by atoms with E-state index in [1.54, 1.807) is 6.07 Å². The van der Waals surface area contributed by atoms with Crippen LogP contribution < -0.4 is 5.73 Å². The molecule has 8 heavy (non-hydrogen) atoms. The fraction of sp³-hybridized carbons (Fsp3) is 0. The fourth-order valence-electron chi connectivity index (χ4n) is 0.347. The summed E-state index contributed by atoms with van der Waals surface area (Å²) in [7, 11) is 0. The monoisotopic (exact) mass is 173 g/mol. The first-order valence-corrected chi connectivity index (χ1v) is 2.81. The van der Waals surface area contributed by atoms with E-state index in [0.717, 1.165) is 0 Å². The van der Waals surface area contributed by atoms with Crippen LogP contribution in [0.5, 0.6) is 0 Å². The van der Waals surface area contributed by atoms with E-state index in [9.17, 15) is 0 Å². The standard InChI is InChI=1S/C4H4BrN3/c5-3-1-4(6)8-2-7-3/h1-2H,(H2,6,7,8). The average Bonchev–Trinajstić information content (AvgIpc) is 1.64. The zero-order valence-corrected chi connectivity index (χ0v) is 5.59. The third-order valence-corrected chi connectivity index (χ3v) is 1.09. The van der Waals surface area contributed by atoms with Crippen molar-refractivity contribution in [2.45, 2.75) is 0 Å². The highest BCUT2D eigenvalue weighted by molar-refractivity contribution is 9.10. The Balaban J connectivity index is 3.08. The predicted molar refractivity (Wildman–Crippen MR) is 34.1 cm³/mol. The zero-order valence-electron chi connectivity index (χ0n) is 4.00. The molecule has 0 aliphatic heterocycles. The highest BCUT2D eigenvalue weighted by Crippen LogP contribution is 2.04. The molecular weight excluding hydrogens is 170 g/mol. The molecule has 0 aromatic carbocycles. The number of hydrogen-bond acceptors (Lipinski definition) is 3. The molecule has 1 aromatic heterocycles. The number of rotatable bonds is 0. The van der Waals surface area contributed by atoms with E-state index in [-0.39, 0.29) is 0 Å². The summed E-state index contributed by atoms with van der Waals surface area (Å²) < 4.78 is 0.713. The van der Waals surface area contributed by atoms with Gasteiger partial charge in [0, 0.05) is 6.07 Å². The van der Waals surface area contributed by atoms with Crippen molar-refractivity contribution in [1.82, 2.24) is 9.97 Å². The smallest absolute Gasteiger partial charge is 0.127 e. The molecule has 0 saturated heterocycles. The number of nitrogen functional groups attached to an aromatic ring is 1. The molecule has 0 fully saturated rings. The van der Waals surface area contributed by atoms with E-state index in [1.165, 1.54) is 6.33 Å². The first-order valence-electron chi connectivity index (χ1n) is 2.02. The summed E-state index contributed by atoms with van der Waals surface area (Å²) >= 11 is 3.13. The van der Waals surface area contributed by atoms with E-state index >= 15 is 0 Å². The molecule has 0 saturated carbocycles. The predicted octanol–water partition coefficient (Wildman–Crippen LogP) is 0.821. The highest BCUT2D eigenvalue weighted by Gasteiger charge is 1.85. The summed E-state index contributed by atoms with van der Waals surface area (Å²) in [6.45, 7) is 0. The molecule has 0 unspecified atom stereocenters. The second-order valence-electron chi connectivity index (χ2n) is 1.27. The molecule has 2 N–H and O–H groups in total. The van der Waals surface area contributed by atoms with E-state index < -0.39 is 0 Å². The van der Waals surface area contributed by atoms with Crippen LogP contribution >= 0.6 is 15.9 Å². The van der Waals surface area contributed by atoms with Crippen LogP contribution in [0.25, 0.3) is 0 Å². The Kier molecular flexibility index (Phi) is 1.43. The molecule has 1 heterocycles. The molecule has 1 rings (SSSR count). The number of nitrogens with zero attached hydrogens (tertiary/aromatic N) is 2. The van der Waals surface area contributed by atoms with Gasteiger partial charge in [-0.3, -0.25) is 0 Å². The minimum Gasteiger partial charge on any atom is -0.384 e. The molecular formula is C4H4BrN3. The van der Waals surface area contributed by atoms with Crippen LogP contribution in [0.1, 0.15) is 0 Å². The fourth-order valence-corrected chi connectivity index (χ4v) is 0.673. The van der Waals surface area contributed by atoms with Gasteiger partial charge >= 0.3 is 0 Å². The number of hydrogen-bond donors (Lipinski definition) is 1. The van der Waals surface area contributed by atoms with Crippen LogP contribution in [0.3, 0.4) is 0 Å². The minimum atomic E-state index is 0.479. The Bertz CT molecular complexity index is 171. The molecule has 4 heteroatoms. The van der Waals surface area contributed by atoms with Gasteiger partial charge < -0.3 is 5.73 Å². The van der Waals surface area contributed by atoms with Gasteiger partial charge in [0.1, 0.15) is 16.7 Å². The van der Waals surface area contributed by atoms with Crippen LogP contribution in [0, 0.1) is 0 Å². The molecule has 0 spiro atoms. The summed E-state index contributed by atoms with van der Waals surface area (Å²) in [5, 5.41) is 0. The summed E-state index contributed by atoms with van der Waals surface area (Å²) in [4.78, 5) is 7.44. The van der Waals surface area contributed by atoms with Gasteiger partial charge in [-0.25, -0.2) is 9.97 Å². The quantitative estimate of drug-likeness (QED) is 0.592. The van der Waals surface area contributed by atoms with Crippen molar-refractivity contribution in [3.05, 3.63) is 17.0 Å². The van der Waals surface area contributed by atoms with E-state index in [1.807, 2.05) is 0 Å². The molecule has 0 aliphatic rings. The lowest BCUT2D eigenvalue weighted by atomic mass is 10.6. The number of halogens is 1. The van der Waals surface area contributed by atoms with Gasteiger partial charge in [0.2, 0.25) is 0 Å². The Hall–Kier alpha value is -0.640. The molecule has 1 aromatic rings. The van der Waals surface area contributed by atoms with Crippen molar-refractivity contribution in [3.8, 4) is 0 Å². The SMILES string of the molecule is Nc1cc(Br)ncn1. The maximum atomic E-state index is 5.28. The van der Waals surface area contributed by atoms with E-state index in [4.69, 9.17) is 5.73 Å². The van der Waals surface area contributed by atoms with Gasteiger partial charge in [-0.1, -0.05) is 0 Å². The molecule has 42 valence electrons. The largest absolute Gasteiger partial charge is 0.384 e. The number of anilines is 1. The summed E-state index contributed by atoms with van der Waals surface area (Å²) in [6.07, 6.45) is 1.40. The molecule has 0 aliphatic carbocycles. The van der Waals surface area contributed by atoms with Crippen molar-refractivity contribution in [2.75, 3.05) is 5.73 Å². The Morgan fingerprint density at radius 2 is 2.25 bits per heavy atom. The maximum Gasteiger partial charge on any atom is 0.127 e. The normalized spacial score (nSPS) is 9.12. The topological polar surface area (TPSA) is 51.8 Å². The molecule has 0 amide bonds. The van der Waals surface area contributed by atoms with Gasteiger partial charge in [-0.05, 0) is 15.9 Å². The Morgan fingerprint density at radius 1 is 1.50 bits per heavy atom. The van der Waals surface area contributed by atoms with Gasteiger partial charge in [0.05, 0.1) is 0 Å². The van der Waals surface area contributed by atoms with Crippen molar-refractivity contribution < 1.29 is 0 Å².